The van der Waals surface area contributed by atoms with E-state index in [0.717, 1.165) is 18.2 Å². The molecule has 5 rings (SSSR count). The van der Waals surface area contributed by atoms with Crippen molar-refractivity contribution in [3.63, 3.8) is 0 Å². The van der Waals surface area contributed by atoms with Gasteiger partial charge in [0.05, 0.1) is 11.1 Å². The molecule has 5 aromatic rings. The molecule has 0 radical (unpaired) electrons. The van der Waals surface area contributed by atoms with Gasteiger partial charge in [-0.05, 0) is 40.8 Å². The van der Waals surface area contributed by atoms with Gasteiger partial charge >= 0.3 is 6.18 Å². The van der Waals surface area contributed by atoms with E-state index in [2.05, 4.69) is 30.9 Å². The van der Waals surface area contributed by atoms with Crippen LogP contribution in [-0.2, 0) is 24.7 Å². The number of ether oxygens (including phenoxy) is 1. The van der Waals surface area contributed by atoms with Crippen molar-refractivity contribution in [2.24, 2.45) is 12.2 Å². The summed E-state index contributed by atoms with van der Waals surface area (Å²) in [6.07, 6.45) is -4.80. The first-order valence-corrected chi connectivity index (χ1v) is 11.2. The van der Waals surface area contributed by atoms with Gasteiger partial charge in [-0.25, -0.2) is 9.07 Å². The van der Waals surface area contributed by atoms with Crippen molar-refractivity contribution in [2.75, 3.05) is 0 Å². The molecule has 0 unspecified atom stereocenters. The molecule has 0 aliphatic heterocycles. The highest BCUT2D eigenvalue weighted by molar-refractivity contribution is 6.10. The smallest absolute Gasteiger partial charge is 0.417 e. The fourth-order valence-corrected chi connectivity index (χ4v) is 3.48. The first-order chi connectivity index (χ1) is 18.8. The topological polar surface area (TPSA) is 113 Å². The first kappa shape index (κ1) is 25.5. The van der Waals surface area contributed by atoms with Gasteiger partial charge in [0.1, 0.15) is 5.75 Å². The summed E-state index contributed by atoms with van der Waals surface area (Å²) < 4.78 is 67.7. The Morgan fingerprint density at radius 2 is 1.74 bits per heavy atom. The van der Waals surface area contributed by atoms with Crippen LogP contribution in [0.4, 0.5) is 17.6 Å². The van der Waals surface area contributed by atoms with Crippen LogP contribution in [0.15, 0.2) is 82.4 Å². The minimum absolute atomic E-state index is 0.128. The number of para-hydroxylation sites is 1. The summed E-state index contributed by atoms with van der Waals surface area (Å²) in [7, 11) is 1.63. The molecule has 0 aliphatic carbocycles. The molecule has 0 bridgehead atoms. The van der Waals surface area contributed by atoms with Crippen LogP contribution in [0, 0.1) is 5.82 Å². The second kappa shape index (κ2) is 10.7. The molecule has 0 aliphatic rings. The largest absolute Gasteiger partial charge is 0.454 e. The van der Waals surface area contributed by atoms with Crippen molar-refractivity contribution in [3.8, 4) is 23.0 Å². The highest BCUT2D eigenvalue weighted by Crippen LogP contribution is 2.39. The van der Waals surface area contributed by atoms with E-state index in [1.807, 2.05) is 6.07 Å². The molecule has 2 aromatic heterocycles. The number of aromatic nitrogens is 6. The Bertz CT molecular complexity index is 1620. The van der Waals surface area contributed by atoms with Gasteiger partial charge in [0.15, 0.2) is 23.9 Å². The fraction of sp³-hybridized carbons (Fsp3) is 0.120. The molecule has 0 amide bonds. The summed E-state index contributed by atoms with van der Waals surface area (Å²) in [6.45, 7) is -0.343. The number of tetrazole rings is 1. The van der Waals surface area contributed by atoms with Gasteiger partial charge in [0, 0.05) is 12.6 Å². The summed E-state index contributed by atoms with van der Waals surface area (Å²) in [4.78, 5) is 5.36. The number of aryl methyl sites for hydroxylation is 1. The average molecular weight is 539 g/mol. The number of alkyl halides is 3. The van der Waals surface area contributed by atoms with Crippen LogP contribution in [0.25, 0.3) is 11.5 Å². The van der Waals surface area contributed by atoms with E-state index in [1.165, 1.54) is 28.9 Å². The Labute approximate surface area is 217 Å². The third kappa shape index (κ3) is 5.74. The molecule has 0 N–H and O–H groups in total. The number of oxime groups is 1. The Balaban J connectivity index is 1.38. The molecule has 3 aromatic carbocycles. The Morgan fingerprint density at radius 1 is 0.974 bits per heavy atom. The molecule has 0 fully saturated rings. The molecule has 14 heteroatoms. The number of rotatable bonds is 8. The molecule has 39 heavy (non-hydrogen) atoms. The average Bonchev–Trinajstić information content (AvgIpc) is 3.57. The van der Waals surface area contributed by atoms with E-state index < -0.39 is 23.4 Å². The third-order valence-electron chi connectivity index (χ3n) is 5.28. The van der Waals surface area contributed by atoms with Crippen molar-refractivity contribution < 1.29 is 31.6 Å². The predicted octanol–water partition coefficient (Wildman–Crippen LogP) is 5.18. The lowest BCUT2D eigenvalue weighted by Crippen LogP contribution is -2.12. The molecule has 0 spiro atoms. The van der Waals surface area contributed by atoms with Gasteiger partial charge in [-0.15, -0.1) is 15.3 Å². The molecular weight excluding hydrogens is 522 g/mol. The van der Waals surface area contributed by atoms with Gasteiger partial charge in [0.2, 0.25) is 11.7 Å². The lowest BCUT2D eigenvalue weighted by Gasteiger charge is -2.13. The second-order valence-electron chi connectivity index (χ2n) is 7.94. The molecule has 2 heterocycles. The summed E-state index contributed by atoms with van der Waals surface area (Å²) in [5.74, 6) is -1.37. The van der Waals surface area contributed by atoms with Crippen molar-refractivity contribution in [3.05, 3.63) is 101 Å². The van der Waals surface area contributed by atoms with Crippen LogP contribution in [-0.4, -0.2) is 36.1 Å². The maximum Gasteiger partial charge on any atom is 0.417 e. The summed E-state index contributed by atoms with van der Waals surface area (Å²) in [5.41, 5.74) is -0.519. The molecule has 0 saturated carbocycles. The van der Waals surface area contributed by atoms with Crippen LogP contribution < -0.4 is 4.74 Å². The quantitative estimate of drug-likeness (QED) is 0.151. The van der Waals surface area contributed by atoms with E-state index in [-0.39, 0.29) is 29.6 Å². The van der Waals surface area contributed by atoms with Crippen molar-refractivity contribution in [2.45, 2.75) is 12.8 Å². The Hall–Kier alpha value is -5.14. The normalized spacial score (nSPS) is 12.0. The lowest BCUT2D eigenvalue weighted by molar-refractivity contribution is -0.137. The number of benzene rings is 3. The van der Waals surface area contributed by atoms with Crippen LogP contribution in [0.5, 0.6) is 11.5 Å². The van der Waals surface area contributed by atoms with Gasteiger partial charge in [0.25, 0.3) is 5.89 Å². The molecule has 0 atom stereocenters. The number of nitrogens with zero attached hydrogens (tertiary/aromatic N) is 7. The van der Waals surface area contributed by atoms with Gasteiger partial charge in [-0.3, -0.25) is 0 Å². The Morgan fingerprint density at radius 3 is 2.46 bits per heavy atom. The molecule has 10 nitrogen and oxygen atoms in total. The zero-order valence-electron chi connectivity index (χ0n) is 20.0. The van der Waals surface area contributed by atoms with E-state index in [1.54, 1.807) is 31.3 Å². The lowest BCUT2D eigenvalue weighted by atomic mass is 10.1. The van der Waals surface area contributed by atoms with Crippen molar-refractivity contribution in [1.82, 2.24) is 30.4 Å². The van der Waals surface area contributed by atoms with E-state index in [4.69, 9.17) is 14.0 Å². The standard InChI is InChI=1S/C25H17F4N7O3/c1-36-23(31-34-35-36)22(15-7-3-2-4-8-15)33-37-14-21-30-32-24(39-21)17-12-11-16(13-18(17)25(27,28)29)38-20-10-6-5-9-19(20)26/h2-13H,14H2,1H3/b33-22-. The van der Waals surface area contributed by atoms with E-state index in [9.17, 15) is 17.6 Å². The minimum atomic E-state index is -4.80. The predicted molar refractivity (Wildman–Crippen MR) is 127 cm³/mol. The van der Waals surface area contributed by atoms with Crippen LogP contribution in [0.1, 0.15) is 22.8 Å². The highest BCUT2D eigenvalue weighted by Gasteiger charge is 2.36. The van der Waals surface area contributed by atoms with Crippen molar-refractivity contribution in [1.29, 1.82) is 0 Å². The van der Waals surface area contributed by atoms with Crippen LogP contribution in [0.2, 0.25) is 0 Å². The third-order valence-corrected chi connectivity index (χ3v) is 5.28. The minimum Gasteiger partial charge on any atom is -0.454 e. The summed E-state index contributed by atoms with van der Waals surface area (Å²) in [6, 6.07) is 17.4. The van der Waals surface area contributed by atoms with Crippen molar-refractivity contribution >= 4 is 5.71 Å². The number of halogens is 4. The maximum absolute atomic E-state index is 13.9. The second-order valence-corrected chi connectivity index (χ2v) is 7.94. The molecular formula is C25H17F4N7O3. The molecule has 198 valence electrons. The van der Waals surface area contributed by atoms with E-state index >= 15 is 0 Å². The Kier molecular flexibility index (Phi) is 6.99. The summed E-state index contributed by atoms with van der Waals surface area (Å²) in [5, 5.41) is 22.9. The highest BCUT2D eigenvalue weighted by atomic mass is 19.4. The van der Waals surface area contributed by atoms with Crippen LogP contribution in [0.3, 0.4) is 0 Å². The zero-order chi connectivity index (χ0) is 27.4. The first-order valence-electron chi connectivity index (χ1n) is 11.2. The zero-order valence-corrected chi connectivity index (χ0v) is 20.0. The molecule has 0 saturated heterocycles. The van der Waals surface area contributed by atoms with Crippen LogP contribution >= 0.6 is 0 Å². The van der Waals surface area contributed by atoms with E-state index in [0.29, 0.717) is 17.1 Å². The monoisotopic (exact) mass is 539 g/mol. The van der Waals surface area contributed by atoms with Gasteiger partial charge in [-0.1, -0.05) is 47.6 Å². The summed E-state index contributed by atoms with van der Waals surface area (Å²) >= 11 is 0. The maximum atomic E-state index is 13.9. The van der Waals surface area contributed by atoms with Gasteiger partial charge in [-0.2, -0.15) is 13.2 Å². The number of hydrogen-bond donors (Lipinski definition) is 0. The number of hydrogen-bond acceptors (Lipinski definition) is 9. The fourth-order valence-electron chi connectivity index (χ4n) is 3.48. The van der Waals surface area contributed by atoms with Gasteiger partial charge < -0.3 is 14.0 Å². The SMILES string of the molecule is Cn1nnnc1/C(=N\OCc1nnc(-c2ccc(Oc3ccccc3F)cc2C(F)(F)F)o1)c1ccccc1.